The van der Waals surface area contributed by atoms with Crippen molar-refractivity contribution in [1.82, 2.24) is 15.0 Å². The number of carbonyl (C=O) groups is 1. The van der Waals surface area contributed by atoms with Crippen molar-refractivity contribution in [3.8, 4) is 0 Å². The van der Waals surface area contributed by atoms with E-state index in [1.54, 1.807) is 0 Å². The number of sulfonamides is 1. The number of nitrogens with zero attached hydrogens (tertiary/aromatic N) is 1. The molecule has 1 amide bonds. The Balaban J connectivity index is 1.77. The summed E-state index contributed by atoms with van der Waals surface area (Å²) in [6.45, 7) is 1.11. The molecule has 1 aliphatic heterocycles. The van der Waals surface area contributed by atoms with Crippen LogP contribution in [0.4, 0.5) is 13.2 Å². The van der Waals surface area contributed by atoms with Gasteiger partial charge in [-0.2, -0.15) is 13.2 Å². The Morgan fingerprint density at radius 1 is 1.39 bits per heavy atom. The number of hydrogen-bond donors (Lipinski definition) is 2. The Morgan fingerprint density at radius 3 is 2.61 bits per heavy atom. The van der Waals surface area contributed by atoms with Crippen LogP contribution in [0.5, 0.6) is 0 Å². The Bertz CT molecular complexity index is 753. The van der Waals surface area contributed by atoms with Gasteiger partial charge in [0.15, 0.2) is 0 Å². The molecule has 10 heteroatoms. The van der Waals surface area contributed by atoms with Gasteiger partial charge >= 0.3 is 6.18 Å². The summed E-state index contributed by atoms with van der Waals surface area (Å²) in [7, 11) is -4.25. The maximum Gasteiger partial charge on any atom is 0.433 e. The van der Waals surface area contributed by atoms with E-state index in [1.165, 1.54) is 0 Å². The molecule has 126 valence electrons. The second-order valence-electron chi connectivity index (χ2n) is 5.86. The number of fused-ring (bicyclic) bond motifs is 1. The third-order valence-electron chi connectivity index (χ3n) is 4.06. The van der Waals surface area contributed by atoms with Crippen LogP contribution in [-0.4, -0.2) is 31.4 Å². The molecule has 3 rings (SSSR count). The number of alkyl halides is 3. The molecular formula is C13H14F3N3O3S. The molecule has 23 heavy (non-hydrogen) atoms. The highest BCUT2D eigenvalue weighted by Gasteiger charge is 2.48. The van der Waals surface area contributed by atoms with Crippen molar-refractivity contribution in [2.75, 3.05) is 0 Å². The topological polar surface area (TPSA) is 88.2 Å². The van der Waals surface area contributed by atoms with Crippen molar-refractivity contribution in [2.24, 2.45) is 5.92 Å². The van der Waals surface area contributed by atoms with Gasteiger partial charge in [0.2, 0.25) is 0 Å². The molecule has 1 saturated heterocycles. The van der Waals surface area contributed by atoms with E-state index in [0.717, 1.165) is 19.4 Å². The number of nitrogens with one attached hydrogen (secondary N) is 2. The van der Waals surface area contributed by atoms with Gasteiger partial charge in [0.05, 0.1) is 6.04 Å². The summed E-state index contributed by atoms with van der Waals surface area (Å²) in [5.41, 5.74) is -1.48. The maximum atomic E-state index is 12.6. The first-order valence-corrected chi connectivity index (χ1v) is 8.43. The van der Waals surface area contributed by atoms with Crippen LogP contribution in [0.25, 0.3) is 0 Å². The number of amides is 1. The van der Waals surface area contributed by atoms with Gasteiger partial charge in [-0.05, 0) is 37.3 Å². The van der Waals surface area contributed by atoms with Gasteiger partial charge in [0.25, 0.3) is 15.9 Å². The fourth-order valence-electron chi connectivity index (χ4n) is 2.78. The van der Waals surface area contributed by atoms with Crippen LogP contribution in [0.2, 0.25) is 0 Å². The summed E-state index contributed by atoms with van der Waals surface area (Å²) in [5.74, 6) is -0.293. The highest BCUT2D eigenvalue weighted by atomic mass is 32.2. The zero-order valence-electron chi connectivity index (χ0n) is 12.0. The van der Waals surface area contributed by atoms with E-state index in [-0.39, 0.29) is 11.6 Å². The van der Waals surface area contributed by atoms with Gasteiger partial charge in [-0.1, -0.05) is 0 Å². The number of pyridine rings is 1. The van der Waals surface area contributed by atoms with Crippen LogP contribution < -0.4 is 10.0 Å². The molecule has 3 atom stereocenters. The summed E-state index contributed by atoms with van der Waals surface area (Å²) < 4.78 is 64.1. The van der Waals surface area contributed by atoms with Crippen LogP contribution in [0, 0.1) is 12.8 Å². The number of rotatable bonds is 3. The summed E-state index contributed by atoms with van der Waals surface area (Å²) >= 11 is 0. The second kappa shape index (κ2) is 5.17. The van der Waals surface area contributed by atoms with Crippen LogP contribution in [0.15, 0.2) is 17.2 Å². The van der Waals surface area contributed by atoms with Crippen molar-refractivity contribution < 1.29 is 26.4 Å². The summed E-state index contributed by atoms with van der Waals surface area (Å²) in [6.07, 6.45) is -2.51. The van der Waals surface area contributed by atoms with E-state index in [9.17, 15) is 26.4 Å². The minimum atomic E-state index is -4.66. The highest BCUT2D eigenvalue weighted by Crippen LogP contribution is 2.40. The smallest absolute Gasteiger partial charge is 0.303 e. The lowest BCUT2D eigenvalue weighted by Gasteiger charge is -2.14. The Kier molecular flexibility index (Phi) is 3.64. The van der Waals surface area contributed by atoms with E-state index in [4.69, 9.17) is 0 Å². The molecule has 2 heterocycles. The van der Waals surface area contributed by atoms with Gasteiger partial charge in [0, 0.05) is 12.2 Å². The lowest BCUT2D eigenvalue weighted by Crippen LogP contribution is -2.44. The molecule has 0 aromatic carbocycles. The molecule has 1 saturated carbocycles. The van der Waals surface area contributed by atoms with Gasteiger partial charge in [-0.3, -0.25) is 9.78 Å². The van der Waals surface area contributed by atoms with Gasteiger partial charge in [-0.25, -0.2) is 13.1 Å². The number of carbonyl (C=O) groups excluding carboxylic acids is 1. The largest absolute Gasteiger partial charge is 0.433 e. The molecule has 1 aromatic rings. The number of halogens is 3. The third kappa shape index (κ3) is 3.18. The van der Waals surface area contributed by atoms with E-state index < -0.39 is 38.7 Å². The normalized spacial score (nSPS) is 26.7. The van der Waals surface area contributed by atoms with Crippen LogP contribution in [-0.2, 0) is 21.0 Å². The standard InChI is InChI=1S/C13H14F3N3O3S/c1-6-2-8(5-17-11(6)13(14,15)16)23(21,22)19-12(20)10-4-7-3-9(7)18-10/h2,5,7,9-10,18H,3-4H2,1H3,(H,19,20)/t7-,9-,10+/m1/s1. The predicted molar refractivity (Wildman–Crippen MR) is 72.7 cm³/mol. The van der Waals surface area contributed by atoms with Gasteiger partial charge < -0.3 is 5.32 Å². The molecule has 0 radical (unpaired) electrons. The number of hydrogen-bond acceptors (Lipinski definition) is 5. The Labute approximate surface area is 130 Å². The minimum Gasteiger partial charge on any atom is -0.303 e. The number of aromatic nitrogens is 1. The van der Waals surface area contributed by atoms with Crippen molar-refractivity contribution in [1.29, 1.82) is 0 Å². The van der Waals surface area contributed by atoms with E-state index in [1.807, 2.05) is 4.72 Å². The molecule has 2 aliphatic rings. The summed E-state index contributed by atoms with van der Waals surface area (Å²) in [5, 5.41) is 3.00. The summed E-state index contributed by atoms with van der Waals surface area (Å²) in [4.78, 5) is 14.7. The van der Waals surface area contributed by atoms with Gasteiger partial charge in [-0.15, -0.1) is 0 Å². The van der Waals surface area contributed by atoms with E-state index >= 15 is 0 Å². The fraction of sp³-hybridized carbons (Fsp3) is 0.538. The SMILES string of the molecule is Cc1cc(S(=O)(=O)NC(=O)[C@@H]2C[C@H]3C[C@H]3N2)cnc1C(F)(F)F. The fourth-order valence-corrected chi connectivity index (χ4v) is 3.83. The Morgan fingerprint density at radius 2 is 2.09 bits per heavy atom. The van der Waals surface area contributed by atoms with Gasteiger partial charge in [0.1, 0.15) is 10.6 Å². The minimum absolute atomic E-state index is 0.267. The quantitative estimate of drug-likeness (QED) is 0.849. The van der Waals surface area contributed by atoms with E-state index in [0.29, 0.717) is 18.5 Å². The lowest BCUT2D eigenvalue weighted by atomic mass is 10.2. The molecule has 0 bridgehead atoms. The average Bonchev–Trinajstić information content (AvgIpc) is 3.03. The molecular weight excluding hydrogens is 335 g/mol. The molecule has 6 nitrogen and oxygen atoms in total. The van der Waals surface area contributed by atoms with Crippen molar-refractivity contribution in [3.05, 3.63) is 23.5 Å². The molecule has 0 unspecified atom stereocenters. The molecule has 2 N–H and O–H groups in total. The molecule has 0 spiro atoms. The Hall–Kier alpha value is -1.68. The third-order valence-corrected chi connectivity index (χ3v) is 5.37. The van der Waals surface area contributed by atoms with Crippen LogP contribution >= 0.6 is 0 Å². The summed E-state index contributed by atoms with van der Waals surface area (Å²) in [6, 6.07) is 0.533. The zero-order valence-corrected chi connectivity index (χ0v) is 12.8. The second-order valence-corrected chi connectivity index (χ2v) is 7.54. The van der Waals surface area contributed by atoms with Crippen molar-refractivity contribution in [3.63, 3.8) is 0 Å². The predicted octanol–water partition coefficient (Wildman–Crippen LogP) is 0.964. The monoisotopic (exact) mass is 349 g/mol. The number of aryl methyl sites for hydroxylation is 1. The zero-order chi connectivity index (χ0) is 17.0. The average molecular weight is 349 g/mol. The maximum absolute atomic E-state index is 12.6. The molecule has 2 fully saturated rings. The first kappa shape index (κ1) is 16.2. The van der Waals surface area contributed by atoms with Crippen molar-refractivity contribution in [2.45, 2.75) is 42.9 Å². The first-order valence-electron chi connectivity index (χ1n) is 6.94. The highest BCUT2D eigenvalue weighted by molar-refractivity contribution is 7.90. The molecule has 1 aromatic heterocycles. The number of piperidine rings is 1. The van der Waals surface area contributed by atoms with E-state index in [2.05, 4.69) is 10.3 Å². The van der Waals surface area contributed by atoms with Crippen LogP contribution in [0.1, 0.15) is 24.1 Å². The lowest BCUT2D eigenvalue weighted by molar-refractivity contribution is -0.141. The van der Waals surface area contributed by atoms with Crippen LogP contribution in [0.3, 0.4) is 0 Å². The first-order chi connectivity index (χ1) is 10.6. The molecule has 1 aliphatic carbocycles. The van der Waals surface area contributed by atoms with Crippen molar-refractivity contribution >= 4 is 15.9 Å².